The Kier molecular flexibility index (Phi) is 4.57. The molecule has 3 heterocycles. The summed E-state index contributed by atoms with van der Waals surface area (Å²) >= 11 is 13.0. The fraction of sp³-hybridized carbons (Fsp3) is 0.167. The van der Waals surface area contributed by atoms with Gasteiger partial charge in [0.25, 0.3) is 0 Å². The first-order chi connectivity index (χ1) is 14.4. The van der Waals surface area contributed by atoms with Gasteiger partial charge in [0.05, 0.1) is 27.5 Å². The van der Waals surface area contributed by atoms with Crippen LogP contribution in [0.4, 0.5) is 5.82 Å². The number of hydrogen-bond donors (Lipinski definition) is 0. The van der Waals surface area contributed by atoms with Gasteiger partial charge in [0.2, 0.25) is 0 Å². The van der Waals surface area contributed by atoms with E-state index in [0.717, 1.165) is 33.9 Å². The van der Waals surface area contributed by atoms with Crippen molar-refractivity contribution in [2.75, 3.05) is 0 Å². The largest absolute Gasteiger partial charge is 0.318 e. The molecule has 2 aromatic carbocycles. The first kappa shape index (κ1) is 19.2. The Balaban J connectivity index is 1.80. The normalized spacial score (nSPS) is 17.7. The topological polar surface area (TPSA) is 33.4 Å². The predicted octanol–water partition coefficient (Wildman–Crippen LogP) is 6.45. The summed E-state index contributed by atoms with van der Waals surface area (Å²) in [5.41, 5.74) is 6.46. The first-order valence-corrected chi connectivity index (χ1v) is 10.5. The average molecular weight is 435 g/mol. The Morgan fingerprint density at radius 2 is 1.67 bits per heavy atom. The molecule has 30 heavy (non-hydrogen) atoms. The van der Waals surface area contributed by atoms with Crippen LogP contribution < -0.4 is 0 Å². The molecule has 0 radical (unpaired) electrons. The van der Waals surface area contributed by atoms with Crippen LogP contribution >= 0.6 is 23.2 Å². The Morgan fingerprint density at radius 1 is 0.933 bits per heavy atom. The molecule has 0 saturated carbocycles. The van der Waals surface area contributed by atoms with Gasteiger partial charge in [0.1, 0.15) is 0 Å². The lowest BCUT2D eigenvalue weighted by molar-refractivity contribution is 0.460. The summed E-state index contributed by atoms with van der Waals surface area (Å²) in [5, 5.41) is 5.97. The molecule has 3 aromatic rings. The van der Waals surface area contributed by atoms with Gasteiger partial charge in [0, 0.05) is 11.8 Å². The minimum atomic E-state index is -0.123. The summed E-state index contributed by atoms with van der Waals surface area (Å²) in [6, 6.07) is 16.6. The predicted molar refractivity (Wildman–Crippen MR) is 123 cm³/mol. The summed E-state index contributed by atoms with van der Waals surface area (Å²) in [6.07, 6.45) is 3.63. The Bertz CT molecular complexity index is 1250. The van der Waals surface area contributed by atoms with Crippen molar-refractivity contribution in [3.63, 3.8) is 0 Å². The second-order valence-electron chi connectivity index (χ2n) is 7.68. The van der Waals surface area contributed by atoms with E-state index < -0.39 is 0 Å². The van der Waals surface area contributed by atoms with E-state index in [1.54, 1.807) is 6.08 Å². The molecule has 2 aliphatic heterocycles. The van der Waals surface area contributed by atoms with Crippen LogP contribution in [0.2, 0.25) is 0 Å². The second-order valence-corrected chi connectivity index (χ2v) is 8.53. The smallest absolute Gasteiger partial charge is 0.164 e. The minimum absolute atomic E-state index is 0.123. The molecule has 0 amide bonds. The zero-order chi connectivity index (χ0) is 21.0. The highest BCUT2D eigenvalue weighted by molar-refractivity contribution is 6.45. The fourth-order valence-corrected chi connectivity index (χ4v) is 4.61. The minimum Gasteiger partial charge on any atom is -0.318 e. The van der Waals surface area contributed by atoms with E-state index >= 15 is 0 Å². The van der Waals surface area contributed by atoms with Gasteiger partial charge in [-0.1, -0.05) is 71.2 Å². The van der Waals surface area contributed by atoms with Crippen LogP contribution in [0.1, 0.15) is 34.0 Å². The third-order valence-electron chi connectivity index (χ3n) is 5.57. The third-order valence-corrected chi connectivity index (χ3v) is 6.05. The van der Waals surface area contributed by atoms with Gasteiger partial charge in [-0.15, -0.1) is 0 Å². The lowest BCUT2D eigenvalue weighted by Crippen LogP contribution is -2.35. The van der Waals surface area contributed by atoms with E-state index in [1.807, 2.05) is 29.9 Å². The quantitative estimate of drug-likeness (QED) is 0.464. The van der Waals surface area contributed by atoms with Gasteiger partial charge < -0.3 is 4.90 Å². The molecule has 0 aliphatic carbocycles. The highest BCUT2D eigenvalue weighted by atomic mass is 35.5. The first-order valence-electron chi connectivity index (χ1n) is 9.78. The number of allylic oxidation sites excluding steroid dienone is 2. The monoisotopic (exact) mass is 434 g/mol. The Labute approximate surface area is 185 Å². The number of aliphatic imine (C=N–C) groups is 1. The van der Waals surface area contributed by atoms with E-state index in [-0.39, 0.29) is 6.04 Å². The second kappa shape index (κ2) is 7.15. The van der Waals surface area contributed by atoms with Crippen LogP contribution in [0.5, 0.6) is 0 Å². The molecule has 150 valence electrons. The highest BCUT2D eigenvalue weighted by Crippen LogP contribution is 2.45. The molecule has 0 bridgehead atoms. The van der Waals surface area contributed by atoms with E-state index in [1.165, 1.54) is 5.56 Å². The average Bonchev–Trinajstić information content (AvgIpc) is 3.04. The van der Waals surface area contributed by atoms with Gasteiger partial charge in [-0.2, -0.15) is 5.10 Å². The number of aromatic nitrogens is 2. The highest BCUT2D eigenvalue weighted by Gasteiger charge is 2.37. The standard InChI is InChI=1S/C24H20Cl2N4/c1-14-8-10-17(11-9-14)22-21-16(3)28-30(20-7-5-4-6-15(20)2)24(21)27-23-19(26)12-18(25)13-29(22)23/h4-13,22H,1-3H3/t22-/m0/s1. The fourth-order valence-electron chi connectivity index (χ4n) is 4.09. The molecule has 0 saturated heterocycles. The van der Waals surface area contributed by atoms with Crippen molar-refractivity contribution in [2.24, 2.45) is 4.99 Å². The van der Waals surface area contributed by atoms with E-state index in [2.05, 4.69) is 55.1 Å². The van der Waals surface area contributed by atoms with Crippen LogP contribution in [0.15, 0.2) is 75.9 Å². The Morgan fingerprint density at radius 3 is 2.40 bits per heavy atom. The van der Waals surface area contributed by atoms with Crippen molar-refractivity contribution >= 4 is 34.9 Å². The van der Waals surface area contributed by atoms with E-state index in [0.29, 0.717) is 15.9 Å². The molecule has 0 spiro atoms. The number of hydrogen-bond acceptors (Lipinski definition) is 3. The molecule has 2 aliphatic rings. The van der Waals surface area contributed by atoms with Gasteiger partial charge in [0.15, 0.2) is 11.7 Å². The molecule has 0 N–H and O–H groups in total. The number of nitrogens with zero attached hydrogens (tertiary/aromatic N) is 4. The summed E-state index contributed by atoms with van der Waals surface area (Å²) < 4.78 is 1.93. The van der Waals surface area contributed by atoms with E-state index in [4.69, 9.17) is 33.3 Å². The SMILES string of the molecule is Cc1ccc([C@H]2c3c(C)nn(-c4ccccc4C)c3N=C3C(Cl)=CC(Cl)=CN32)cc1. The molecular weight excluding hydrogens is 415 g/mol. The Hall–Kier alpha value is -2.82. The zero-order valence-corrected chi connectivity index (χ0v) is 18.4. The number of amidine groups is 1. The van der Waals surface area contributed by atoms with Gasteiger partial charge in [-0.3, -0.25) is 0 Å². The molecule has 1 atom stereocenters. The van der Waals surface area contributed by atoms with Crippen molar-refractivity contribution in [3.05, 3.63) is 98.8 Å². The molecule has 4 nitrogen and oxygen atoms in total. The van der Waals surface area contributed by atoms with Crippen molar-refractivity contribution in [2.45, 2.75) is 26.8 Å². The van der Waals surface area contributed by atoms with Gasteiger partial charge in [-0.05, 0) is 44.0 Å². The van der Waals surface area contributed by atoms with E-state index in [9.17, 15) is 0 Å². The summed E-state index contributed by atoms with van der Waals surface area (Å²) in [5.74, 6) is 1.48. The third kappa shape index (κ3) is 2.99. The number of benzene rings is 2. The van der Waals surface area contributed by atoms with Crippen molar-refractivity contribution in [1.29, 1.82) is 0 Å². The van der Waals surface area contributed by atoms with Crippen molar-refractivity contribution in [3.8, 4) is 5.69 Å². The van der Waals surface area contributed by atoms with Crippen LogP contribution in [0, 0.1) is 20.8 Å². The molecule has 0 unspecified atom stereocenters. The van der Waals surface area contributed by atoms with Crippen LogP contribution in [0.3, 0.4) is 0 Å². The lowest BCUT2D eigenvalue weighted by Gasteiger charge is -2.37. The van der Waals surface area contributed by atoms with Gasteiger partial charge in [-0.25, -0.2) is 9.67 Å². The number of fused-ring (bicyclic) bond motifs is 2. The van der Waals surface area contributed by atoms with Crippen LogP contribution in [-0.4, -0.2) is 20.5 Å². The summed E-state index contributed by atoms with van der Waals surface area (Å²) in [4.78, 5) is 7.00. The molecule has 1 aromatic heterocycles. The maximum atomic E-state index is 6.60. The van der Waals surface area contributed by atoms with Crippen LogP contribution in [-0.2, 0) is 0 Å². The van der Waals surface area contributed by atoms with Gasteiger partial charge >= 0.3 is 0 Å². The van der Waals surface area contributed by atoms with Crippen molar-refractivity contribution in [1.82, 2.24) is 14.7 Å². The summed E-state index contributed by atoms with van der Waals surface area (Å²) in [7, 11) is 0. The number of aryl methyl sites for hydroxylation is 3. The number of rotatable bonds is 2. The molecule has 0 fully saturated rings. The number of halogens is 2. The van der Waals surface area contributed by atoms with Crippen molar-refractivity contribution < 1.29 is 0 Å². The maximum Gasteiger partial charge on any atom is 0.164 e. The van der Waals surface area contributed by atoms with Crippen LogP contribution in [0.25, 0.3) is 5.69 Å². The maximum absolute atomic E-state index is 6.60. The number of para-hydroxylation sites is 1. The lowest BCUT2D eigenvalue weighted by atomic mass is 9.94. The molecule has 5 rings (SSSR count). The zero-order valence-electron chi connectivity index (χ0n) is 16.9. The molecular formula is C24H20Cl2N4. The summed E-state index contributed by atoms with van der Waals surface area (Å²) in [6.45, 7) is 6.19. The molecule has 6 heteroatoms.